The van der Waals surface area contributed by atoms with E-state index in [1.165, 1.54) is 10.8 Å². The Labute approximate surface area is 190 Å². The van der Waals surface area contributed by atoms with Gasteiger partial charge in [-0.25, -0.2) is 23.1 Å². The maximum Gasteiger partial charge on any atom is 0.225 e. The van der Waals surface area contributed by atoms with Crippen LogP contribution < -0.4 is 9.62 Å². The lowest BCUT2D eigenvalue weighted by molar-refractivity contribution is 0.263. The number of sulfonamides is 1. The summed E-state index contributed by atoms with van der Waals surface area (Å²) >= 11 is 0. The second kappa shape index (κ2) is 9.52. The molecular formula is C24H31N5O2S. The summed E-state index contributed by atoms with van der Waals surface area (Å²) in [6.45, 7) is 6.17. The highest BCUT2D eigenvalue weighted by atomic mass is 32.2. The van der Waals surface area contributed by atoms with Gasteiger partial charge in [0.2, 0.25) is 16.0 Å². The van der Waals surface area contributed by atoms with Crippen LogP contribution in [0.25, 0.3) is 22.0 Å². The van der Waals surface area contributed by atoms with Gasteiger partial charge in [0.1, 0.15) is 0 Å². The lowest BCUT2D eigenvalue weighted by Gasteiger charge is -2.25. The number of benzene rings is 2. The van der Waals surface area contributed by atoms with Crippen LogP contribution in [-0.4, -0.2) is 67.8 Å². The molecular weight excluding hydrogens is 422 g/mol. The Morgan fingerprint density at radius 3 is 2.72 bits per heavy atom. The number of fused-ring (bicyclic) bond motifs is 1. The molecule has 1 fully saturated rings. The first-order valence-electron chi connectivity index (χ1n) is 11.1. The van der Waals surface area contributed by atoms with Crippen molar-refractivity contribution in [1.82, 2.24) is 19.6 Å². The quantitative estimate of drug-likeness (QED) is 0.565. The van der Waals surface area contributed by atoms with Crippen LogP contribution >= 0.6 is 0 Å². The standard InChI is InChI=1S/C24H31N5O2S/c1-18(2)32(30,31)26-13-15-28(3)22-11-14-29(17-22)24-25-12-10-23(27-24)21-9-8-19-6-4-5-7-20(19)16-21/h4-10,12,16,18,22,26H,11,13-15,17H2,1-3H3/t22-/m1/s1. The minimum absolute atomic E-state index is 0.339. The minimum Gasteiger partial charge on any atom is -0.339 e. The lowest BCUT2D eigenvalue weighted by Crippen LogP contribution is -2.41. The molecule has 0 radical (unpaired) electrons. The predicted octanol–water partition coefficient (Wildman–Crippen LogP) is 3.14. The van der Waals surface area contributed by atoms with Gasteiger partial charge in [-0.3, -0.25) is 0 Å². The van der Waals surface area contributed by atoms with E-state index in [1.54, 1.807) is 13.8 Å². The largest absolute Gasteiger partial charge is 0.339 e. The number of likely N-dealkylation sites (N-methyl/N-ethyl adjacent to an activating group) is 1. The molecule has 1 N–H and O–H groups in total. The van der Waals surface area contributed by atoms with E-state index < -0.39 is 15.3 Å². The van der Waals surface area contributed by atoms with Crippen LogP contribution in [0.4, 0.5) is 5.95 Å². The fourth-order valence-corrected chi connectivity index (χ4v) is 4.72. The number of aromatic nitrogens is 2. The first-order valence-corrected chi connectivity index (χ1v) is 12.6. The van der Waals surface area contributed by atoms with Crippen molar-refractivity contribution >= 4 is 26.7 Å². The topological polar surface area (TPSA) is 78.4 Å². The Kier molecular flexibility index (Phi) is 6.74. The Balaban J connectivity index is 1.40. The van der Waals surface area contributed by atoms with Gasteiger partial charge in [0.05, 0.1) is 10.9 Å². The van der Waals surface area contributed by atoms with Crippen LogP contribution in [0.2, 0.25) is 0 Å². The highest BCUT2D eigenvalue weighted by molar-refractivity contribution is 7.90. The molecule has 170 valence electrons. The molecule has 0 saturated carbocycles. The normalized spacial score (nSPS) is 17.0. The molecule has 0 spiro atoms. The summed E-state index contributed by atoms with van der Waals surface area (Å²) in [5.74, 6) is 0.743. The third-order valence-electron chi connectivity index (χ3n) is 6.15. The number of rotatable bonds is 8. The van der Waals surface area contributed by atoms with Crippen LogP contribution in [0, 0.1) is 0 Å². The summed E-state index contributed by atoms with van der Waals surface area (Å²) in [5.41, 5.74) is 2.00. The minimum atomic E-state index is -3.22. The van der Waals surface area contributed by atoms with Gasteiger partial charge >= 0.3 is 0 Å². The van der Waals surface area contributed by atoms with Crippen LogP contribution in [0.1, 0.15) is 20.3 Å². The average molecular weight is 454 g/mol. The van der Waals surface area contributed by atoms with Gasteiger partial charge in [-0.15, -0.1) is 0 Å². The monoisotopic (exact) mass is 453 g/mol. The van der Waals surface area contributed by atoms with Crippen molar-refractivity contribution in [3.63, 3.8) is 0 Å². The van der Waals surface area contributed by atoms with E-state index in [1.807, 2.05) is 31.4 Å². The number of hydrogen-bond acceptors (Lipinski definition) is 6. The summed E-state index contributed by atoms with van der Waals surface area (Å²) in [6, 6.07) is 17.0. The van der Waals surface area contributed by atoms with E-state index in [0.29, 0.717) is 19.1 Å². The third kappa shape index (κ3) is 5.09. The van der Waals surface area contributed by atoms with Gasteiger partial charge in [-0.2, -0.15) is 0 Å². The molecule has 1 aromatic heterocycles. The van der Waals surface area contributed by atoms with E-state index in [0.717, 1.165) is 36.7 Å². The van der Waals surface area contributed by atoms with Crippen molar-refractivity contribution in [3.8, 4) is 11.3 Å². The molecule has 1 aliphatic rings. The van der Waals surface area contributed by atoms with Gasteiger partial charge in [0.25, 0.3) is 0 Å². The van der Waals surface area contributed by atoms with Gasteiger partial charge in [0, 0.05) is 44.0 Å². The van der Waals surface area contributed by atoms with Crippen molar-refractivity contribution in [1.29, 1.82) is 0 Å². The predicted molar refractivity (Wildman–Crippen MR) is 130 cm³/mol. The van der Waals surface area contributed by atoms with Crippen molar-refractivity contribution < 1.29 is 8.42 Å². The molecule has 1 atom stereocenters. The van der Waals surface area contributed by atoms with Crippen LogP contribution in [0.5, 0.6) is 0 Å². The second-order valence-corrected chi connectivity index (χ2v) is 11.0. The summed E-state index contributed by atoms with van der Waals surface area (Å²) in [6.07, 6.45) is 2.82. The van der Waals surface area contributed by atoms with Gasteiger partial charge in [0.15, 0.2) is 0 Å². The zero-order chi connectivity index (χ0) is 22.7. The summed E-state index contributed by atoms with van der Waals surface area (Å²) in [5, 5.41) is 1.99. The van der Waals surface area contributed by atoms with E-state index >= 15 is 0 Å². The molecule has 1 aliphatic heterocycles. The third-order valence-corrected chi connectivity index (χ3v) is 7.99. The molecule has 0 aliphatic carbocycles. The molecule has 8 heteroatoms. The van der Waals surface area contributed by atoms with Crippen molar-refractivity contribution in [2.24, 2.45) is 0 Å². The van der Waals surface area contributed by atoms with Gasteiger partial charge in [-0.05, 0) is 50.2 Å². The molecule has 2 heterocycles. The fraction of sp³-hybridized carbons (Fsp3) is 0.417. The Morgan fingerprint density at radius 1 is 1.16 bits per heavy atom. The van der Waals surface area contributed by atoms with E-state index in [4.69, 9.17) is 4.98 Å². The maximum absolute atomic E-state index is 11.9. The lowest BCUT2D eigenvalue weighted by atomic mass is 10.1. The Hall–Kier alpha value is -2.55. The number of hydrogen-bond donors (Lipinski definition) is 1. The maximum atomic E-state index is 11.9. The molecule has 0 bridgehead atoms. The van der Waals surface area contributed by atoms with Crippen LogP contribution in [0.15, 0.2) is 54.7 Å². The Morgan fingerprint density at radius 2 is 1.94 bits per heavy atom. The molecule has 0 unspecified atom stereocenters. The van der Waals surface area contributed by atoms with Crippen LogP contribution in [-0.2, 0) is 10.0 Å². The molecule has 0 amide bonds. The summed E-state index contributed by atoms with van der Waals surface area (Å²) < 4.78 is 26.6. The highest BCUT2D eigenvalue weighted by Crippen LogP contribution is 2.25. The van der Waals surface area contributed by atoms with E-state index in [2.05, 4.69) is 49.8 Å². The van der Waals surface area contributed by atoms with E-state index in [-0.39, 0.29) is 0 Å². The number of nitrogens with zero attached hydrogens (tertiary/aromatic N) is 4. The average Bonchev–Trinajstić information content (AvgIpc) is 3.29. The van der Waals surface area contributed by atoms with E-state index in [9.17, 15) is 8.42 Å². The van der Waals surface area contributed by atoms with Crippen molar-refractivity contribution in [3.05, 3.63) is 54.7 Å². The summed E-state index contributed by atoms with van der Waals surface area (Å²) in [4.78, 5) is 13.8. The summed E-state index contributed by atoms with van der Waals surface area (Å²) in [7, 11) is -1.18. The number of nitrogens with one attached hydrogen (secondary N) is 1. The van der Waals surface area contributed by atoms with Gasteiger partial charge in [-0.1, -0.05) is 36.4 Å². The molecule has 7 nitrogen and oxygen atoms in total. The zero-order valence-corrected chi connectivity index (χ0v) is 19.7. The van der Waals surface area contributed by atoms with Gasteiger partial charge < -0.3 is 9.80 Å². The zero-order valence-electron chi connectivity index (χ0n) is 18.9. The molecule has 2 aromatic carbocycles. The van der Waals surface area contributed by atoms with Crippen molar-refractivity contribution in [2.75, 3.05) is 38.1 Å². The Bertz CT molecular complexity index is 1180. The second-order valence-electron chi connectivity index (χ2n) is 8.66. The first kappa shape index (κ1) is 22.6. The smallest absolute Gasteiger partial charge is 0.225 e. The fourth-order valence-electron chi connectivity index (χ4n) is 4.01. The SMILES string of the molecule is CC(C)S(=O)(=O)NCCN(C)[C@@H]1CCN(c2nccc(-c3ccc4ccccc4c3)n2)C1. The number of anilines is 1. The molecule has 3 aromatic rings. The molecule has 4 rings (SSSR count). The highest BCUT2D eigenvalue weighted by Gasteiger charge is 2.27. The molecule has 32 heavy (non-hydrogen) atoms. The first-order chi connectivity index (χ1) is 15.3. The van der Waals surface area contributed by atoms with Crippen molar-refractivity contribution in [2.45, 2.75) is 31.6 Å². The molecule has 1 saturated heterocycles. The van der Waals surface area contributed by atoms with Crippen LogP contribution in [0.3, 0.4) is 0 Å².